The van der Waals surface area contributed by atoms with Gasteiger partial charge in [-0.2, -0.15) is 10.1 Å². The predicted octanol–water partition coefficient (Wildman–Crippen LogP) is 9.69. The predicted molar refractivity (Wildman–Crippen MR) is 253 cm³/mol. The highest BCUT2D eigenvalue weighted by molar-refractivity contribution is 9.10. The van der Waals surface area contributed by atoms with Crippen LogP contribution in [-0.4, -0.2) is 66.5 Å². The average Bonchev–Trinajstić information content (AvgIpc) is 3.75. The van der Waals surface area contributed by atoms with Crippen molar-refractivity contribution in [2.75, 3.05) is 36.0 Å². The van der Waals surface area contributed by atoms with Crippen molar-refractivity contribution >= 4 is 79.7 Å². The summed E-state index contributed by atoms with van der Waals surface area (Å²) >= 11 is 4.94. The highest BCUT2D eigenvalue weighted by Gasteiger charge is 2.17. The Balaban J connectivity index is 0.000000223. The molecule has 4 aromatic carbocycles. The van der Waals surface area contributed by atoms with Crippen LogP contribution >= 0.6 is 27.9 Å². The lowest BCUT2D eigenvalue weighted by molar-refractivity contribution is -0.126. The third-order valence-corrected chi connectivity index (χ3v) is 11.3. The Hall–Kier alpha value is -6.89. The number of unbranched alkanes of at least 4 members (excludes halogenated alkanes) is 2. The van der Waals surface area contributed by atoms with Gasteiger partial charge in [-0.05, 0) is 145 Å². The number of para-hydroxylation sites is 1. The second-order valence-corrected chi connectivity index (χ2v) is 16.3. The van der Waals surface area contributed by atoms with Crippen molar-refractivity contribution in [3.63, 3.8) is 0 Å². The van der Waals surface area contributed by atoms with Gasteiger partial charge >= 0.3 is 0 Å². The lowest BCUT2D eigenvalue weighted by atomic mass is 10.1. The first-order valence-electron chi connectivity index (χ1n) is 20.6. The maximum Gasteiger partial charge on any atom is 0.253 e. The fourth-order valence-corrected chi connectivity index (χ4v) is 7.63. The molecule has 0 spiro atoms. The van der Waals surface area contributed by atoms with Crippen LogP contribution in [-0.2, 0) is 4.79 Å². The molecule has 3 aromatic heterocycles. The summed E-state index contributed by atoms with van der Waals surface area (Å²) in [6.07, 6.45) is 13.1. The van der Waals surface area contributed by atoms with Crippen molar-refractivity contribution in [2.45, 2.75) is 43.4 Å². The fourth-order valence-electron chi connectivity index (χ4n) is 6.66. The first-order valence-corrected chi connectivity index (χ1v) is 22.2. The quantitative estimate of drug-likeness (QED) is 0.0303. The Morgan fingerprint density at radius 2 is 1.66 bits per heavy atom. The molecule has 18 heteroatoms. The van der Waals surface area contributed by atoms with Crippen molar-refractivity contribution in [3.05, 3.63) is 138 Å². The highest BCUT2D eigenvalue weighted by Crippen LogP contribution is 2.31. The van der Waals surface area contributed by atoms with Crippen LogP contribution in [0.4, 0.5) is 33.3 Å². The van der Waals surface area contributed by atoms with E-state index in [0.717, 1.165) is 90.5 Å². The largest absolute Gasteiger partial charge is 0.457 e. The van der Waals surface area contributed by atoms with Gasteiger partial charge in [-0.3, -0.25) is 19.4 Å². The number of nitrogens with zero attached hydrogens (tertiary/aromatic N) is 6. The first-order chi connectivity index (χ1) is 31.2. The van der Waals surface area contributed by atoms with E-state index >= 15 is 0 Å². The Morgan fingerprint density at radius 1 is 0.891 bits per heavy atom. The number of H-pyrrole nitrogens is 1. The van der Waals surface area contributed by atoms with Crippen LogP contribution < -0.4 is 31.6 Å². The van der Waals surface area contributed by atoms with E-state index in [1.165, 1.54) is 24.9 Å². The molecule has 0 atom stereocenters. The Morgan fingerprint density at radius 3 is 2.42 bits per heavy atom. The second kappa shape index (κ2) is 22.5. The summed E-state index contributed by atoms with van der Waals surface area (Å²) in [6, 6.07) is 29.3. The van der Waals surface area contributed by atoms with E-state index in [0.29, 0.717) is 27.7 Å². The molecule has 0 aliphatic carbocycles. The SMILES string of the molecule is NC(=O)c1c(F)cccc1Nc1nc(Nc2ccc(SNCCCC/C=C/C(=O)N3CCCCC3)cc2)ncc1Br.Nc1ncnc2n[nH]c(-c3ccc(Oc4ccccc4)cc3)c12. The van der Waals surface area contributed by atoms with E-state index in [-0.39, 0.29) is 17.2 Å². The number of rotatable bonds is 16. The number of fused-ring (bicyclic) bond motifs is 1. The molecule has 1 aliphatic rings. The van der Waals surface area contributed by atoms with Crippen molar-refractivity contribution in [1.82, 2.24) is 39.8 Å². The summed E-state index contributed by atoms with van der Waals surface area (Å²) < 4.78 is 23.8. The summed E-state index contributed by atoms with van der Waals surface area (Å²) in [5.74, 6) is 1.17. The summed E-state index contributed by atoms with van der Waals surface area (Å²) in [6.45, 7) is 2.64. The van der Waals surface area contributed by atoms with Gasteiger partial charge in [0.1, 0.15) is 35.3 Å². The Kier molecular flexibility index (Phi) is 15.8. The number of amides is 2. The molecule has 64 heavy (non-hydrogen) atoms. The highest BCUT2D eigenvalue weighted by atomic mass is 79.9. The summed E-state index contributed by atoms with van der Waals surface area (Å²) in [5.41, 5.74) is 14.3. The summed E-state index contributed by atoms with van der Waals surface area (Å²) in [4.78, 5) is 43.7. The molecule has 7 aromatic rings. The zero-order valence-electron chi connectivity index (χ0n) is 34.6. The maximum absolute atomic E-state index is 14.1. The van der Waals surface area contributed by atoms with E-state index in [1.54, 1.807) is 30.3 Å². The number of halogens is 2. The number of piperidine rings is 1. The number of hydrogen-bond donors (Lipinski definition) is 6. The van der Waals surface area contributed by atoms with Gasteiger partial charge in [-0.25, -0.2) is 19.3 Å². The van der Waals surface area contributed by atoms with Gasteiger partial charge < -0.3 is 31.7 Å². The molecule has 0 saturated carbocycles. The van der Waals surface area contributed by atoms with E-state index in [9.17, 15) is 14.0 Å². The lowest BCUT2D eigenvalue weighted by Crippen LogP contribution is -2.34. The number of primary amides is 1. The normalized spacial score (nSPS) is 12.4. The van der Waals surface area contributed by atoms with Crippen molar-refractivity contribution in [2.24, 2.45) is 5.73 Å². The lowest BCUT2D eigenvalue weighted by Gasteiger charge is -2.25. The first kappa shape index (κ1) is 45.1. The number of nitrogen functional groups attached to an aromatic ring is 1. The Bertz CT molecular complexity index is 2680. The van der Waals surface area contributed by atoms with Crippen molar-refractivity contribution < 1.29 is 18.7 Å². The molecule has 328 valence electrons. The number of likely N-dealkylation sites (tertiary alicyclic amines) is 1. The smallest absolute Gasteiger partial charge is 0.253 e. The molecule has 15 nitrogen and oxygen atoms in total. The van der Waals surface area contributed by atoms with Crippen LogP contribution in [0, 0.1) is 5.82 Å². The molecule has 8 N–H and O–H groups in total. The van der Waals surface area contributed by atoms with E-state index in [4.69, 9.17) is 16.2 Å². The average molecular weight is 946 g/mol. The topological polar surface area (TPSA) is 215 Å². The number of carbonyl (C=O) groups is 2. The number of ether oxygens (including phenoxy) is 1. The number of carbonyl (C=O) groups excluding carboxylic acids is 2. The molecule has 2 amide bonds. The molecule has 0 unspecified atom stereocenters. The zero-order valence-corrected chi connectivity index (χ0v) is 37.0. The van der Waals surface area contributed by atoms with Gasteiger partial charge in [0.15, 0.2) is 5.65 Å². The molecule has 1 aliphatic heterocycles. The van der Waals surface area contributed by atoms with Crippen LogP contribution in [0.15, 0.2) is 131 Å². The fraction of sp³-hybridized carbons (Fsp3) is 0.196. The van der Waals surface area contributed by atoms with Crippen LogP contribution in [0.2, 0.25) is 0 Å². The number of nitrogens with two attached hydrogens (primary N) is 2. The number of aromatic amines is 1. The number of allylic oxidation sites excluding steroid dienone is 1. The van der Waals surface area contributed by atoms with Gasteiger partial charge in [0.2, 0.25) is 11.9 Å². The van der Waals surface area contributed by atoms with Crippen LogP contribution in [0.3, 0.4) is 0 Å². The van der Waals surface area contributed by atoms with E-state index < -0.39 is 11.7 Å². The van der Waals surface area contributed by atoms with Gasteiger partial charge in [0.05, 0.1) is 26.8 Å². The molecule has 8 rings (SSSR count). The maximum atomic E-state index is 14.1. The minimum atomic E-state index is -0.880. The third-order valence-electron chi connectivity index (χ3n) is 9.89. The second-order valence-electron chi connectivity index (χ2n) is 14.5. The molecule has 0 radical (unpaired) electrons. The summed E-state index contributed by atoms with van der Waals surface area (Å²) in [7, 11) is 0. The summed E-state index contributed by atoms with van der Waals surface area (Å²) in [5, 5.41) is 13.9. The molecule has 1 saturated heterocycles. The number of anilines is 5. The molecular formula is C46H46BrFN12O3S. The van der Waals surface area contributed by atoms with Crippen molar-refractivity contribution in [3.8, 4) is 22.8 Å². The van der Waals surface area contributed by atoms with Gasteiger partial charge in [0.25, 0.3) is 5.91 Å². The van der Waals surface area contributed by atoms with Crippen LogP contribution in [0.25, 0.3) is 22.3 Å². The number of hydrogen-bond acceptors (Lipinski definition) is 13. The minimum Gasteiger partial charge on any atom is -0.457 e. The van der Waals surface area contributed by atoms with E-state index in [2.05, 4.69) is 61.4 Å². The molecular weight excluding hydrogens is 900 g/mol. The Labute approximate surface area is 382 Å². The molecule has 4 heterocycles. The molecule has 0 bridgehead atoms. The van der Waals surface area contributed by atoms with E-state index in [1.807, 2.05) is 89.8 Å². The number of aromatic nitrogens is 6. The molecule has 1 fully saturated rings. The van der Waals surface area contributed by atoms with Gasteiger partial charge in [-0.1, -0.05) is 30.3 Å². The monoisotopic (exact) mass is 944 g/mol. The standard InChI is InChI=1S/C29H33BrFN7O2S.C17H13N5O/c30-22-19-33-29(37-28(22)36-24-10-8-9-23(31)26(24)27(32)40)35-20-12-14-21(15-13-20)41-34-16-5-2-1-4-11-25(39)38-17-6-3-7-18-38;18-16-14-15(21-22-17(14)20-10-19-16)11-6-8-13(9-7-11)23-12-4-2-1-3-5-12/h4,8-15,19,34H,1-3,5-7,16-18H2,(H2,32,40)(H2,33,35,36,37);1-10H,(H3,18,19,20,21,22)/b11-4+;. The van der Waals surface area contributed by atoms with Crippen LogP contribution in [0.5, 0.6) is 11.5 Å². The van der Waals surface area contributed by atoms with Crippen molar-refractivity contribution in [1.29, 1.82) is 0 Å². The minimum absolute atomic E-state index is 0.141. The zero-order chi connectivity index (χ0) is 44.7. The number of benzene rings is 4. The van der Waals surface area contributed by atoms with Gasteiger partial charge in [-0.15, -0.1) is 0 Å². The van der Waals surface area contributed by atoms with Crippen LogP contribution in [0.1, 0.15) is 48.9 Å². The van der Waals surface area contributed by atoms with Gasteiger partial charge in [0, 0.05) is 42.0 Å². The third kappa shape index (κ3) is 12.4. The number of nitrogens with one attached hydrogen (secondary N) is 4.